The van der Waals surface area contributed by atoms with Gasteiger partial charge in [-0.05, 0) is 32.1 Å². The summed E-state index contributed by atoms with van der Waals surface area (Å²) in [6.45, 7) is 3.39. The number of hydrogen-bond acceptors (Lipinski definition) is 7. The fraction of sp³-hybridized carbons (Fsp3) is 0.444. The van der Waals surface area contributed by atoms with E-state index >= 15 is 0 Å². The molecule has 0 aliphatic carbocycles. The van der Waals surface area contributed by atoms with Crippen LogP contribution in [-0.4, -0.2) is 59.3 Å². The third kappa shape index (κ3) is 4.23. The van der Waals surface area contributed by atoms with E-state index in [1.807, 2.05) is 31.1 Å². The van der Waals surface area contributed by atoms with Crippen LogP contribution in [0.5, 0.6) is 0 Å². The Labute approximate surface area is 153 Å². The zero-order valence-electron chi connectivity index (χ0n) is 14.9. The Morgan fingerprint density at radius 3 is 2.72 bits per heavy atom. The molecule has 1 aliphatic heterocycles. The molecule has 2 aromatic rings. The molecule has 1 aliphatic rings. The van der Waals surface area contributed by atoms with Crippen LogP contribution in [0.2, 0.25) is 0 Å². The summed E-state index contributed by atoms with van der Waals surface area (Å²) in [5.41, 5.74) is 8.52. The van der Waals surface area contributed by atoms with E-state index in [0.29, 0.717) is 17.5 Å². The fourth-order valence-electron chi connectivity index (χ4n) is 3.04. The minimum atomic E-state index is -0.394. The molecule has 0 bridgehead atoms. The molecule has 2 atom stereocenters. The first-order chi connectivity index (χ1) is 11.9. The van der Waals surface area contributed by atoms with Crippen LogP contribution in [0.4, 0.5) is 11.6 Å². The lowest BCUT2D eigenvalue weighted by Crippen LogP contribution is -2.38. The third-order valence-electron chi connectivity index (χ3n) is 4.58. The van der Waals surface area contributed by atoms with Gasteiger partial charge in [-0.3, -0.25) is 0 Å². The molecule has 7 heteroatoms. The number of nitrogen functional groups attached to an aromatic ring is 1. The lowest BCUT2D eigenvalue weighted by atomic mass is 10.1. The molecule has 25 heavy (non-hydrogen) atoms. The van der Waals surface area contributed by atoms with Crippen molar-refractivity contribution in [2.24, 2.45) is 0 Å². The van der Waals surface area contributed by atoms with Gasteiger partial charge in [-0.1, -0.05) is 36.0 Å². The van der Waals surface area contributed by atoms with Crippen LogP contribution in [0, 0.1) is 6.92 Å². The van der Waals surface area contributed by atoms with E-state index in [1.165, 1.54) is 11.1 Å². The zero-order valence-corrected chi connectivity index (χ0v) is 15.7. The van der Waals surface area contributed by atoms with Crippen molar-refractivity contribution < 1.29 is 5.11 Å². The van der Waals surface area contributed by atoms with E-state index in [9.17, 15) is 5.11 Å². The molecule has 1 aromatic heterocycles. The Morgan fingerprint density at radius 2 is 2.04 bits per heavy atom. The minimum Gasteiger partial charge on any atom is -0.390 e. The number of aryl methyl sites for hydroxylation is 1. The summed E-state index contributed by atoms with van der Waals surface area (Å²) in [6, 6.07) is 10.2. The topological polar surface area (TPSA) is 78.5 Å². The number of hydrogen-bond donors (Lipinski definition) is 2. The summed E-state index contributed by atoms with van der Waals surface area (Å²) >= 11 is 1.58. The number of nitrogens with zero attached hydrogens (tertiary/aromatic N) is 4. The van der Waals surface area contributed by atoms with Crippen LogP contribution in [0.1, 0.15) is 11.1 Å². The third-order valence-corrected chi connectivity index (χ3v) is 5.47. The van der Waals surface area contributed by atoms with Crippen LogP contribution in [0.15, 0.2) is 35.5 Å². The first-order valence-corrected chi connectivity index (χ1v) is 9.34. The van der Waals surface area contributed by atoms with E-state index in [0.717, 1.165) is 18.1 Å². The number of thioether (sulfide) groups is 1. The summed E-state index contributed by atoms with van der Waals surface area (Å²) in [5, 5.41) is 10.9. The Kier molecular flexibility index (Phi) is 5.46. The van der Waals surface area contributed by atoms with Crippen molar-refractivity contribution in [3.8, 4) is 0 Å². The molecular weight excluding hydrogens is 334 g/mol. The van der Waals surface area contributed by atoms with Gasteiger partial charge in [0.05, 0.1) is 12.1 Å². The summed E-state index contributed by atoms with van der Waals surface area (Å²) < 4.78 is 0. The second-order valence-corrected chi connectivity index (χ2v) is 7.59. The highest BCUT2D eigenvalue weighted by Crippen LogP contribution is 2.27. The van der Waals surface area contributed by atoms with E-state index < -0.39 is 6.10 Å². The van der Waals surface area contributed by atoms with Crippen molar-refractivity contribution in [3.05, 3.63) is 41.5 Å². The van der Waals surface area contributed by atoms with Crippen LogP contribution >= 0.6 is 11.8 Å². The van der Waals surface area contributed by atoms with E-state index in [4.69, 9.17) is 5.73 Å². The number of aromatic nitrogens is 2. The number of benzene rings is 1. The molecular formula is C18H25N5OS. The number of anilines is 2. The highest BCUT2D eigenvalue weighted by atomic mass is 32.2. The van der Waals surface area contributed by atoms with Gasteiger partial charge in [0.15, 0.2) is 5.16 Å². The quantitative estimate of drug-likeness (QED) is 0.622. The maximum absolute atomic E-state index is 10.2. The normalized spacial score (nSPS) is 20.4. The molecule has 3 N–H and O–H groups in total. The molecule has 3 rings (SSSR count). The molecule has 1 saturated heterocycles. The van der Waals surface area contributed by atoms with Gasteiger partial charge in [-0.15, -0.1) is 0 Å². The van der Waals surface area contributed by atoms with Gasteiger partial charge in [0.2, 0.25) is 0 Å². The van der Waals surface area contributed by atoms with Gasteiger partial charge in [-0.2, -0.15) is 0 Å². The molecule has 0 unspecified atom stereocenters. The van der Waals surface area contributed by atoms with Crippen LogP contribution < -0.4 is 10.6 Å². The average molecular weight is 359 g/mol. The van der Waals surface area contributed by atoms with Crippen LogP contribution in [-0.2, 0) is 5.75 Å². The fourth-order valence-corrected chi connectivity index (χ4v) is 3.97. The maximum atomic E-state index is 10.2. The summed E-state index contributed by atoms with van der Waals surface area (Å²) in [6.07, 6.45) is -0.394. The number of β-amino-alcohol motifs (C(OH)–C–C–N with tert-alkyl or cyclic N) is 1. The number of likely N-dealkylation sites (N-methyl/N-ethyl adjacent to an activating group) is 1. The first kappa shape index (κ1) is 18.0. The molecule has 0 amide bonds. The molecule has 1 fully saturated rings. The lowest BCUT2D eigenvalue weighted by molar-refractivity contribution is 0.114. The van der Waals surface area contributed by atoms with Crippen LogP contribution in [0.25, 0.3) is 0 Å². The Bertz CT molecular complexity index is 739. The second kappa shape index (κ2) is 7.59. The minimum absolute atomic E-state index is 0.0965. The van der Waals surface area contributed by atoms with Gasteiger partial charge in [0.1, 0.15) is 11.6 Å². The Morgan fingerprint density at radius 1 is 1.28 bits per heavy atom. The van der Waals surface area contributed by atoms with Gasteiger partial charge < -0.3 is 20.6 Å². The van der Waals surface area contributed by atoms with Crippen molar-refractivity contribution in [3.63, 3.8) is 0 Å². The van der Waals surface area contributed by atoms with Gasteiger partial charge in [0, 0.05) is 24.9 Å². The van der Waals surface area contributed by atoms with Crippen molar-refractivity contribution >= 4 is 23.4 Å². The summed E-state index contributed by atoms with van der Waals surface area (Å²) in [5.74, 6) is 2.04. The van der Waals surface area contributed by atoms with Crippen molar-refractivity contribution in [2.75, 3.05) is 37.8 Å². The van der Waals surface area contributed by atoms with Gasteiger partial charge in [0.25, 0.3) is 0 Å². The van der Waals surface area contributed by atoms with Crippen molar-refractivity contribution in [2.45, 2.75) is 30.0 Å². The standard InChI is InChI=1S/C18H25N5OS/c1-12-6-4-5-7-13(12)11-25-18-20-16(19)8-17(21-18)23-9-14(22(2)3)15(24)10-23/h4-8,14-15,24H,9-11H2,1-3H3,(H2,19,20,21)/t14-,15-/m0/s1. The number of nitrogens with two attached hydrogens (primary N) is 1. The molecule has 134 valence electrons. The molecule has 0 saturated carbocycles. The smallest absolute Gasteiger partial charge is 0.191 e. The SMILES string of the molecule is Cc1ccccc1CSc1nc(N)cc(N2C[C@H](O)[C@@H](N(C)C)C2)n1. The van der Waals surface area contributed by atoms with E-state index in [2.05, 4.69) is 33.9 Å². The molecule has 2 heterocycles. The Balaban J connectivity index is 1.74. The summed E-state index contributed by atoms with van der Waals surface area (Å²) in [7, 11) is 3.96. The highest BCUT2D eigenvalue weighted by molar-refractivity contribution is 7.98. The molecule has 6 nitrogen and oxygen atoms in total. The highest BCUT2D eigenvalue weighted by Gasteiger charge is 2.33. The molecule has 0 radical (unpaired) electrons. The molecule has 1 aromatic carbocycles. The number of aliphatic hydroxyl groups is 1. The predicted molar refractivity (Wildman–Crippen MR) is 103 cm³/mol. The van der Waals surface area contributed by atoms with E-state index in [1.54, 1.807) is 17.8 Å². The molecule has 0 spiro atoms. The predicted octanol–water partition coefficient (Wildman–Crippen LogP) is 1.77. The largest absolute Gasteiger partial charge is 0.390 e. The van der Waals surface area contributed by atoms with Crippen molar-refractivity contribution in [1.82, 2.24) is 14.9 Å². The summed E-state index contributed by atoms with van der Waals surface area (Å²) in [4.78, 5) is 13.1. The maximum Gasteiger partial charge on any atom is 0.191 e. The van der Waals surface area contributed by atoms with Gasteiger partial charge in [-0.25, -0.2) is 9.97 Å². The Hall–Kier alpha value is -1.83. The van der Waals surface area contributed by atoms with Crippen LogP contribution in [0.3, 0.4) is 0 Å². The van der Waals surface area contributed by atoms with E-state index in [-0.39, 0.29) is 6.04 Å². The first-order valence-electron chi connectivity index (χ1n) is 8.35. The number of rotatable bonds is 5. The number of aliphatic hydroxyl groups excluding tert-OH is 1. The monoisotopic (exact) mass is 359 g/mol. The zero-order chi connectivity index (χ0) is 18.0. The second-order valence-electron chi connectivity index (χ2n) is 6.65. The average Bonchev–Trinajstić information content (AvgIpc) is 2.96. The van der Waals surface area contributed by atoms with Crippen molar-refractivity contribution in [1.29, 1.82) is 0 Å². The van der Waals surface area contributed by atoms with Gasteiger partial charge >= 0.3 is 0 Å². The lowest BCUT2D eigenvalue weighted by Gasteiger charge is -2.22.